The molecule has 31 heavy (non-hydrogen) atoms. The van der Waals surface area contributed by atoms with Crippen LogP contribution in [0.4, 0.5) is 17.6 Å². The molecule has 0 aliphatic carbocycles. The lowest BCUT2D eigenvalue weighted by atomic mass is 10.2. The summed E-state index contributed by atoms with van der Waals surface area (Å²) in [7, 11) is 1.56. The van der Waals surface area contributed by atoms with Gasteiger partial charge in [-0.3, -0.25) is 4.99 Å². The molecule has 0 atom stereocenters. The van der Waals surface area contributed by atoms with E-state index in [0.717, 1.165) is 5.56 Å². The molecule has 11 heteroatoms. The van der Waals surface area contributed by atoms with E-state index < -0.39 is 13.2 Å². The Bertz CT molecular complexity index is 841. The van der Waals surface area contributed by atoms with Gasteiger partial charge in [0.15, 0.2) is 17.5 Å². The molecule has 0 heterocycles. The van der Waals surface area contributed by atoms with Gasteiger partial charge in [0.2, 0.25) is 0 Å². The van der Waals surface area contributed by atoms with E-state index in [4.69, 9.17) is 4.74 Å². The molecule has 0 amide bonds. The van der Waals surface area contributed by atoms with Crippen molar-refractivity contribution >= 4 is 29.9 Å². The first-order valence-corrected chi connectivity index (χ1v) is 9.10. The van der Waals surface area contributed by atoms with Gasteiger partial charge in [-0.15, -0.1) is 24.0 Å². The highest BCUT2D eigenvalue weighted by atomic mass is 127. The van der Waals surface area contributed by atoms with Crippen molar-refractivity contribution in [1.29, 1.82) is 0 Å². The van der Waals surface area contributed by atoms with E-state index in [-0.39, 0.29) is 47.8 Å². The number of nitrogens with zero attached hydrogens (tertiary/aromatic N) is 1. The standard InChI is InChI=1S/C20H23F4N3O3.HI/c1-3-28-17-10-13(8-9-16(17)30-19(23)24)11-26-20(25-2)27-12-14-6-4-5-7-15(14)29-18(21)22;/h4-10,18-19H,3,11-12H2,1-2H3,(H2,25,26,27);1H. The van der Waals surface area contributed by atoms with Crippen LogP contribution in [0.1, 0.15) is 18.1 Å². The van der Waals surface area contributed by atoms with E-state index in [2.05, 4.69) is 25.1 Å². The van der Waals surface area contributed by atoms with Crippen molar-refractivity contribution in [3.05, 3.63) is 53.6 Å². The molecular weight excluding hydrogens is 533 g/mol. The number of nitrogens with one attached hydrogen (secondary N) is 2. The average molecular weight is 557 g/mol. The molecule has 0 spiro atoms. The van der Waals surface area contributed by atoms with Crippen LogP contribution in [-0.4, -0.2) is 32.8 Å². The van der Waals surface area contributed by atoms with Crippen LogP contribution in [0, 0.1) is 0 Å². The van der Waals surface area contributed by atoms with Crippen molar-refractivity contribution < 1.29 is 31.8 Å². The minimum absolute atomic E-state index is 0. The minimum atomic E-state index is -2.95. The maximum absolute atomic E-state index is 12.5. The Kier molecular flexibility index (Phi) is 11.8. The van der Waals surface area contributed by atoms with Crippen molar-refractivity contribution in [2.45, 2.75) is 33.2 Å². The summed E-state index contributed by atoms with van der Waals surface area (Å²) in [5, 5.41) is 6.06. The summed E-state index contributed by atoms with van der Waals surface area (Å²) in [6.07, 6.45) is 0. The highest BCUT2D eigenvalue weighted by molar-refractivity contribution is 14.0. The molecule has 0 radical (unpaired) electrons. The predicted molar refractivity (Wildman–Crippen MR) is 120 cm³/mol. The fourth-order valence-corrected chi connectivity index (χ4v) is 2.57. The molecule has 0 aromatic heterocycles. The van der Waals surface area contributed by atoms with Gasteiger partial charge in [0, 0.05) is 25.7 Å². The second-order valence-corrected chi connectivity index (χ2v) is 5.86. The van der Waals surface area contributed by atoms with Crippen molar-refractivity contribution in [3.8, 4) is 17.2 Å². The molecule has 0 aliphatic rings. The number of ether oxygens (including phenoxy) is 3. The summed E-state index contributed by atoms with van der Waals surface area (Å²) in [6, 6.07) is 11.0. The Hall–Kier alpha value is -2.44. The van der Waals surface area contributed by atoms with E-state index in [9.17, 15) is 17.6 Å². The maximum Gasteiger partial charge on any atom is 0.387 e. The van der Waals surface area contributed by atoms with Crippen molar-refractivity contribution in [2.75, 3.05) is 13.7 Å². The Balaban J connectivity index is 0.00000480. The molecular formula is C20H24F4IN3O3. The summed E-state index contributed by atoms with van der Waals surface area (Å²) in [5.41, 5.74) is 1.28. The zero-order valence-corrected chi connectivity index (χ0v) is 19.2. The van der Waals surface area contributed by atoms with Crippen LogP contribution in [0.5, 0.6) is 17.2 Å². The highest BCUT2D eigenvalue weighted by Gasteiger charge is 2.12. The summed E-state index contributed by atoms with van der Waals surface area (Å²) in [6.45, 7) is -3.33. The molecule has 0 saturated carbocycles. The van der Waals surface area contributed by atoms with E-state index in [1.54, 1.807) is 44.3 Å². The third-order valence-corrected chi connectivity index (χ3v) is 3.84. The molecule has 0 unspecified atom stereocenters. The van der Waals surface area contributed by atoms with Crippen LogP contribution in [0.15, 0.2) is 47.5 Å². The van der Waals surface area contributed by atoms with Crippen molar-refractivity contribution in [1.82, 2.24) is 10.6 Å². The van der Waals surface area contributed by atoms with Gasteiger partial charge in [-0.05, 0) is 30.7 Å². The van der Waals surface area contributed by atoms with Crippen LogP contribution < -0.4 is 24.8 Å². The maximum atomic E-state index is 12.5. The molecule has 0 aliphatic heterocycles. The van der Waals surface area contributed by atoms with E-state index >= 15 is 0 Å². The van der Waals surface area contributed by atoms with Gasteiger partial charge >= 0.3 is 13.2 Å². The lowest BCUT2D eigenvalue weighted by molar-refractivity contribution is -0.0517. The Morgan fingerprint density at radius 1 is 0.903 bits per heavy atom. The molecule has 6 nitrogen and oxygen atoms in total. The van der Waals surface area contributed by atoms with E-state index in [0.29, 0.717) is 24.7 Å². The number of halogens is 5. The lowest BCUT2D eigenvalue weighted by Crippen LogP contribution is -2.36. The third-order valence-electron chi connectivity index (χ3n) is 3.84. The topological polar surface area (TPSA) is 64.1 Å². The normalized spacial score (nSPS) is 11.2. The largest absolute Gasteiger partial charge is 0.490 e. The van der Waals surface area contributed by atoms with E-state index in [1.807, 2.05) is 0 Å². The van der Waals surface area contributed by atoms with Gasteiger partial charge < -0.3 is 24.8 Å². The van der Waals surface area contributed by atoms with Gasteiger partial charge in [-0.1, -0.05) is 24.3 Å². The number of guanidine groups is 1. The summed E-state index contributed by atoms with van der Waals surface area (Å²) >= 11 is 0. The predicted octanol–water partition coefficient (Wildman–Crippen LogP) is 4.77. The molecule has 2 N–H and O–H groups in total. The van der Waals surface area contributed by atoms with Crippen LogP contribution >= 0.6 is 24.0 Å². The zero-order chi connectivity index (χ0) is 21.9. The zero-order valence-electron chi connectivity index (χ0n) is 16.9. The molecule has 2 aromatic rings. The third kappa shape index (κ3) is 9.07. The van der Waals surface area contributed by atoms with Gasteiger partial charge in [0.25, 0.3) is 0 Å². The number of para-hydroxylation sites is 1. The van der Waals surface area contributed by atoms with Crippen molar-refractivity contribution in [3.63, 3.8) is 0 Å². The lowest BCUT2D eigenvalue weighted by Gasteiger charge is -2.16. The molecule has 0 saturated heterocycles. The first-order valence-electron chi connectivity index (χ1n) is 9.10. The fraction of sp³-hybridized carbons (Fsp3) is 0.350. The summed E-state index contributed by atoms with van der Waals surface area (Å²) in [4.78, 5) is 4.07. The Labute approximate surface area is 195 Å². The highest BCUT2D eigenvalue weighted by Crippen LogP contribution is 2.29. The fourth-order valence-electron chi connectivity index (χ4n) is 2.57. The monoisotopic (exact) mass is 557 g/mol. The minimum Gasteiger partial charge on any atom is -0.490 e. The first-order chi connectivity index (χ1) is 14.4. The van der Waals surface area contributed by atoms with Crippen LogP contribution in [-0.2, 0) is 13.1 Å². The van der Waals surface area contributed by atoms with Gasteiger partial charge in [0.05, 0.1) is 6.61 Å². The average Bonchev–Trinajstić information content (AvgIpc) is 2.70. The molecule has 0 fully saturated rings. The smallest absolute Gasteiger partial charge is 0.387 e. The summed E-state index contributed by atoms with van der Waals surface area (Å²) in [5.74, 6) is 0.644. The van der Waals surface area contributed by atoms with Crippen molar-refractivity contribution in [2.24, 2.45) is 4.99 Å². The molecule has 2 aromatic carbocycles. The SMILES string of the molecule is CCOc1cc(CNC(=NC)NCc2ccccc2OC(F)F)ccc1OC(F)F.I. The quantitative estimate of drug-likeness (QED) is 0.191. The number of aliphatic imine (C=N–C) groups is 1. The van der Waals surface area contributed by atoms with Crippen LogP contribution in [0.25, 0.3) is 0 Å². The first kappa shape index (κ1) is 26.6. The molecule has 0 bridgehead atoms. The van der Waals surface area contributed by atoms with Gasteiger partial charge in [-0.25, -0.2) is 0 Å². The number of alkyl halides is 4. The van der Waals surface area contributed by atoms with E-state index in [1.165, 1.54) is 12.1 Å². The second kappa shape index (κ2) is 13.8. The number of benzene rings is 2. The van der Waals surface area contributed by atoms with Crippen LogP contribution in [0.2, 0.25) is 0 Å². The number of rotatable bonds is 10. The Morgan fingerprint density at radius 3 is 2.19 bits per heavy atom. The Morgan fingerprint density at radius 2 is 1.55 bits per heavy atom. The number of hydrogen-bond acceptors (Lipinski definition) is 4. The van der Waals surface area contributed by atoms with Gasteiger partial charge in [-0.2, -0.15) is 17.6 Å². The molecule has 2 rings (SSSR count). The second-order valence-electron chi connectivity index (χ2n) is 5.86. The summed E-state index contributed by atoms with van der Waals surface area (Å²) < 4.78 is 64.3. The number of hydrogen-bond donors (Lipinski definition) is 2. The van der Waals surface area contributed by atoms with Gasteiger partial charge in [0.1, 0.15) is 5.75 Å². The van der Waals surface area contributed by atoms with Crippen LogP contribution in [0.3, 0.4) is 0 Å². The molecule has 172 valence electrons.